The van der Waals surface area contributed by atoms with E-state index >= 15 is 0 Å². The largest absolute Gasteiger partial charge is 0.507 e. The van der Waals surface area contributed by atoms with Crippen LogP contribution < -0.4 is 16.2 Å². The van der Waals surface area contributed by atoms with E-state index in [4.69, 9.17) is 0 Å². The third-order valence-electron chi connectivity index (χ3n) is 4.39. The number of hydrogen-bond acceptors (Lipinski definition) is 4. The van der Waals surface area contributed by atoms with Crippen molar-refractivity contribution in [1.82, 2.24) is 10.9 Å². The van der Waals surface area contributed by atoms with Crippen LogP contribution in [0.3, 0.4) is 0 Å². The first kappa shape index (κ1) is 16.5. The summed E-state index contributed by atoms with van der Waals surface area (Å²) in [5, 5.41) is 13.2. The van der Waals surface area contributed by atoms with Crippen molar-refractivity contribution in [2.24, 2.45) is 0 Å². The highest BCUT2D eigenvalue weighted by Crippen LogP contribution is 2.33. The predicted octanol–water partition coefficient (Wildman–Crippen LogP) is 2.86. The maximum atomic E-state index is 12.4. The second-order valence-electron chi connectivity index (χ2n) is 6.50. The van der Waals surface area contributed by atoms with Crippen LogP contribution in [0.5, 0.6) is 5.75 Å². The van der Waals surface area contributed by atoms with Gasteiger partial charge in [-0.2, -0.15) is 0 Å². The third kappa shape index (κ3) is 3.42. The van der Waals surface area contributed by atoms with Crippen LogP contribution in [0, 0.1) is 20.8 Å². The van der Waals surface area contributed by atoms with Crippen molar-refractivity contribution in [3.63, 3.8) is 0 Å². The van der Waals surface area contributed by atoms with Gasteiger partial charge in [-0.1, -0.05) is 35.4 Å². The maximum absolute atomic E-state index is 12.4. The number of aryl methyl sites for hydroxylation is 3. The standard InChI is InChI=1S/C19H23N3O2/c1-11-4-6-14(7-5-11)20-19(24)17-10-16(21-22-17)15-9-12(2)8-13(3)18(15)23/h4-9,16-17,21-23H,10H2,1-3H3,(H,20,24). The molecule has 2 unspecified atom stereocenters. The number of nitrogens with one attached hydrogen (secondary N) is 3. The minimum Gasteiger partial charge on any atom is -0.507 e. The van der Waals surface area contributed by atoms with Crippen molar-refractivity contribution < 1.29 is 9.90 Å². The first-order valence-corrected chi connectivity index (χ1v) is 8.12. The second kappa shape index (κ2) is 6.63. The van der Waals surface area contributed by atoms with Crippen LogP contribution in [0.2, 0.25) is 0 Å². The molecule has 2 atom stereocenters. The molecular weight excluding hydrogens is 302 g/mol. The van der Waals surface area contributed by atoms with E-state index in [0.29, 0.717) is 12.2 Å². The summed E-state index contributed by atoms with van der Waals surface area (Å²) < 4.78 is 0. The van der Waals surface area contributed by atoms with Gasteiger partial charge in [-0.3, -0.25) is 4.79 Å². The quantitative estimate of drug-likeness (QED) is 0.700. The summed E-state index contributed by atoms with van der Waals surface area (Å²) in [5.74, 6) is 0.206. The van der Waals surface area contributed by atoms with E-state index in [2.05, 4.69) is 16.2 Å². The molecule has 126 valence electrons. The number of hydrogen-bond donors (Lipinski definition) is 4. The van der Waals surface area contributed by atoms with Crippen LogP contribution in [0.25, 0.3) is 0 Å². The summed E-state index contributed by atoms with van der Waals surface area (Å²) >= 11 is 0. The first-order chi connectivity index (χ1) is 11.4. The van der Waals surface area contributed by atoms with E-state index in [0.717, 1.165) is 27.9 Å². The fourth-order valence-corrected chi connectivity index (χ4v) is 3.06. The van der Waals surface area contributed by atoms with Gasteiger partial charge in [0, 0.05) is 11.3 Å². The normalized spacial score (nSPS) is 20.1. The van der Waals surface area contributed by atoms with Gasteiger partial charge < -0.3 is 10.4 Å². The minimum absolute atomic E-state index is 0.0854. The topological polar surface area (TPSA) is 73.4 Å². The molecule has 1 fully saturated rings. The molecule has 0 saturated carbocycles. The van der Waals surface area contributed by atoms with Gasteiger partial charge in [-0.25, -0.2) is 10.9 Å². The van der Waals surface area contributed by atoms with E-state index in [1.165, 1.54) is 0 Å². The number of aromatic hydroxyl groups is 1. The monoisotopic (exact) mass is 325 g/mol. The van der Waals surface area contributed by atoms with Crippen molar-refractivity contribution in [2.45, 2.75) is 39.3 Å². The van der Waals surface area contributed by atoms with Gasteiger partial charge in [0.25, 0.3) is 0 Å². The summed E-state index contributed by atoms with van der Waals surface area (Å²) in [6.45, 7) is 5.89. The summed E-state index contributed by atoms with van der Waals surface area (Å²) in [6.07, 6.45) is 0.578. The molecule has 0 aliphatic carbocycles. The number of anilines is 1. The van der Waals surface area contributed by atoms with Crippen molar-refractivity contribution in [1.29, 1.82) is 0 Å². The highest BCUT2D eigenvalue weighted by atomic mass is 16.3. The molecule has 1 aliphatic rings. The van der Waals surface area contributed by atoms with Gasteiger partial charge in [-0.15, -0.1) is 0 Å². The van der Waals surface area contributed by atoms with Gasteiger partial charge in [0.1, 0.15) is 11.8 Å². The van der Waals surface area contributed by atoms with E-state index in [9.17, 15) is 9.90 Å². The lowest BCUT2D eigenvalue weighted by molar-refractivity contribution is -0.117. The van der Waals surface area contributed by atoms with Crippen molar-refractivity contribution in [2.75, 3.05) is 5.32 Å². The van der Waals surface area contributed by atoms with Crippen molar-refractivity contribution in [3.8, 4) is 5.75 Å². The molecule has 0 aromatic heterocycles. The van der Waals surface area contributed by atoms with Gasteiger partial charge in [0.2, 0.25) is 5.91 Å². The zero-order valence-corrected chi connectivity index (χ0v) is 14.2. The number of amides is 1. The smallest absolute Gasteiger partial charge is 0.242 e. The van der Waals surface area contributed by atoms with Crippen LogP contribution >= 0.6 is 0 Å². The Balaban J connectivity index is 1.69. The summed E-state index contributed by atoms with van der Waals surface area (Å²) in [6, 6.07) is 11.2. The molecule has 4 N–H and O–H groups in total. The van der Waals surface area contributed by atoms with Gasteiger partial charge >= 0.3 is 0 Å². The van der Waals surface area contributed by atoms with Crippen LogP contribution in [0.15, 0.2) is 36.4 Å². The number of carbonyl (C=O) groups is 1. The highest BCUT2D eigenvalue weighted by molar-refractivity contribution is 5.95. The molecular formula is C19H23N3O2. The fourth-order valence-electron chi connectivity index (χ4n) is 3.06. The van der Waals surface area contributed by atoms with Crippen LogP contribution in [-0.4, -0.2) is 17.1 Å². The molecule has 0 spiro atoms. The average Bonchev–Trinajstić information content (AvgIpc) is 3.03. The van der Waals surface area contributed by atoms with Crippen LogP contribution in [0.4, 0.5) is 5.69 Å². The number of rotatable bonds is 3. The molecule has 5 heteroatoms. The number of phenolic OH excluding ortho intramolecular Hbond substituents is 1. The first-order valence-electron chi connectivity index (χ1n) is 8.12. The zero-order valence-electron chi connectivity index (χ0n) is 14.2. The van der Waals surface area contributed by atoms with Crippen LogP contribution in [0.1, 0.15) is 34.7 Å². The molecule has 1 saturated heterocycles. The molecule has 0 bridgehead atoms. The SMILES string of the molecule is Cc1ccc(NC(=O)C2CC(c3cc(C)cc(C)c3O)NN2)cc1. The Morgan fingerprint density at radius 3 is 2.50 bits per heavy atom. The molecule has 2 aromatic carbocycles. The van der Waals surface area contributed by atoms with Gasteiger partial charge in [-0.05, 0) is 44.9 Å². The van der Waals surface area contributed by atoms with E-state index in [1.807, 2.05) is 57.2 Å². The van der Waals surface area contributed by atoms with Gasteiger partial charge in [0.15, 0.2) is 0 Å². The Morgan fingerprint density at radius 1 is 1.08 bits per heavy atom. The number of phenols is 1. The fraction of sp³-hybridized carbons (Fsp3) is 0.316. The predicted molar refractivity (Wildman–Crippen MR) is 94.8 cm³/mol. The van der Waals surface area contributed by atoms with E-state index in [-0.39, 0.29) is 18.0 Å². The number of hydrazine groups is 1. The molecule has 5 nitrogen and oxygen atoms in total. The Labute approximate surface area is 142 Å². The molecule has 1 heterocycles. The summed E-state index contributed by atoms with van der Waals surface area (Å²) in [4.78, 5) is 12.4. The van der Waals surface area contributed by atoms with Gasteiger partial charge in [0.05, 0.1) is 6.04 Å². The van der Waals surface area contributed by atoms with Crippen molar-refractivity contribution >= 4 is 11.6 Å². The highest BCUT2D eigenvalue weighted by Gasteiger charge is 2.31. The lowest BCUT2D eigenvalue weighted by atomic mass is 9.96. The summed E-state index contributed by atoms with van der Waals surface area (Å²) in [7, 11) is 0. The van der Waals surface area contributed by atoms with E-state index < -0.39 is 0 Å². The lowest BCUT2D eigenvalue weighted by Crippen LogP contribution is -2.39. The molecule has 1 amide bonds. The Kier molecular flexibility index (Phi) is 4.55. The Morgan fingerprint density at radius 2 is 1.79 bits per heavy atom. The molecule has 1 aliphatic heterocycles. The number of benzene rings is 2. The Bertz CT molecular complexity index is 756. The molecule has 24 heavy (non-hydrogen) atoms. The third-order valence-corrected chi connectivity index (χ3v) is 4.39. The lowest BCUT2D eigenvalue weighted by Gasteiger charge is -2.14. The maximum Gasteiger partial charge on any atom is 0.242 e. The Hall–Kier alpha value is -2.37. The molecule has 0 radical (unpaired) electrons. The average molecular weight is 325 g/mol. The van der Waals surface area contributed by atoms with Crippen molar-refractivity contribution in [3.05, 3.63) is 58.7 Å². The zero-order chi connectivity index (χ0) is 17.3. The summed E-state index contributed by atoms with van der Waals surface area (Å²) in [5.41, 5.74) is 10.9. The van der Waals surface area contributed by atoms with Crippen LogP contribution in [-0.2, 0) is 4.79 Å². The number of carbonyl (C=O) groups excluding carboxylic acids is 1. The molecule has 2 aromatic rings. The molecule has 3 rings (SSSR count). The van der Waals surface area contributed by atoms with E-state index in [1.54, 1.807) is 0 Å². The second-order valence-corrected chi connectivity index (χ2v) is 6.50. The minimum atomic E-state index is -0.350.